The van der Waals surface area contributed by atoms with E-state index in [1.807, 2.05) is 13.8 Å². The largest absolute Gasteiger partial charge is 0.444 e. The molecule has 0 saturated heterocycles. The predicted octanol–water partition coefficient (Wildman–Crippen LogP) is 1.40. The zero-order chi connectivity index (χ0) is 14.9. The molecule has 0 bridgehead atoms. The van der Waals surface area contributed by atoms with Crippen LogP contribution in [0.5, 0.6) is 0 Å². The summed E-state index contributed by atoms with van der Waals surface area (Å²) in [4.78, 5) is 36.3. The lowest BCUT2D eigenvalue weighted by molar-refractivity contribution is 0.0382. The Morgan fingerprint density at radius 1 is 1.20 bits per heavy atom. The monoisotopic (exact) mass is 276 g/mol. The number of carbonyl (C=O) groups is 3. The summed E-state index contributed by atoms with van der Waals surface area (Å²) in [6, 6.07) is 6.62. The molecule has 1 heterocycles. The number of rotatable bonds is 4. The van der Waals surface area contributed by atoms with Crippen LogP contribution in [0.1, 0.15) is 34.6 Å². The molecule has 1 unspecified atom stereocenters. The van der Waals surface area contributed by atoms with Crippen molar-refractivity contribution in [2.75, 3.05) is 6.54 Å². The van der Waals surface area contributed by atoms with Crippen LogP contribution >= 0.6 is 0 Å². The summed E-state index contributed by atoms with van der Waals surface area (Å²) in [6.07, 6.45) is -1.53. The Kier molecular flexibility index (Phi) is 3.74. The van der Waals surface area contributed by atoms with Crippen molar-refractivity contribution in [1.29, 1.82) is 0 Å². The second-order valence-corrected chi connectivity index (χ2v) is 4.99. The van der Waals surface area contributed by atoms with Crippen LogP contribution < -0.4 is 5.73 Å². The van der Waals surface area contributed by atoms with Gasteiger partial charge < -0.3 is 10.5 Å². The second kappa shape index (κ2) is 5.32. The minimum atomic E-state index is -0.916. The number of nitrogens with zero attached hydrogens (tertiary/aromatic N) is 1. The Labute approximate surface area is 116 Å². The van der Waals surface area contributed by atoms with E-state index in [4.69, 9.17) is 10.5 Å². The molecule has 3 amide bonds. The van der Waals surface area contributed by atoms with Crippen LogP contribution in [-0.4, -0.2) is 35.5 Å². The Morgan fingerprint density at radius 2 is 1.70 bits per heavy atom. The van der Waals surface area contributed by atoms with Crippen molar-refractivity contribution in [3.05, 3.63) is 35.4 Å². The van der Waals surface area contributed by atoms with Gasteiger partial charge in [0.15, 0.2) is 0 Å². The van der Waals surface area contributed by atoms with Crippen LogP contribution in [0.2, 0.25) is 0 Å². The van der Waals surface area contributed by atoms with Crippen molar-refractivity contribution in [2.24, 2.45) is 11.7 Å². The van der Waals surface area contributed by atoms with Crippen molar-refractivity contribution >= 4 is 17.9 Å². The third-order valence-corrected chi connectivity index (χ3v) is 3.25. The van der Waals surface area contributed by atoms with Crippen LogP contribution in [0, 0.1) is 5.92 Å². The summed E-state index contributed by atoms with van der Waals surface area (Å²) in [7, 11) is 0. The molecule has 1 aromatic rings. The summed E-state index contributed by atoms with van der Waals surface area (Å²) in [5.74, 6) is -0.805. The summed E-state index contributed by atoms with van der Waals surface area (Å²) >= 11 is 0. The van der Waals surface area contributed by atoms with Crippen LogP contribution in [0.4, 0.5) is 4.79 Å². The first-order chi connectivity index (χ1) is 9.41. The fourth-order valence-corrected chi connectivity index (χ4v) is 2.12. The van der Waals surface area contributed by atoms with E-state index in [-0.39, 0.29) is 24.3 Å². The highest BCUT2D eigenvalue weighted by atomic mass is 16.6. The molecule has 1 atom stereocenters. The van der Waals surface area contributed by atoms with Gasteiger partial charge in [0.25, 0.3) is 11.8 Å². The van der Waals surface area contributed by atoms with Crippen molar-refractivity contribution in [3.8, 4) is 0 Å². The number of primary amides is 1. The highest BCUT2D eigenvalue weighted by molar-refractivity contribution is 6.21. The predicted molar refractivity (Wildman–Crippen MR) is 71.1 cm³/mol. The number of fused-ring (bicyclic) bond motifs is 1. The standard InChI is InChI=1S/C14H16N2O4/c1-8(2)11(20-14(15)19)7-16-12(17)9-5-3-4-6-10(9)13(16)18/h3-6,8,11H,7H2,1-2H3,(H2,15,19). The molecule has 6 heteroatoms. The molecule has 20 heavy (non-hydrogen) atoms. The minimum Gasteiger partial charge on any atom is -0.444 e. The second-order valence-electron chi connectivity index (χ2n) is 4.99. The van der Waals surface area contributed by atoms with Gasteiger partial charge in [-0.2, -0.15) is 0 Å². The Bertz CT molecular complexity index is 533. The number of carbonyl (C=O) groups excluding carboxylic acids is 3. The molecular weight excluding hydrogens is 260 g/mol. The van der Waals surface area contributed by atoms with Crippen LogP contribution in [0.25, 0.3) is 0 Å². The maximum Gasteiger partial charge on any atom is 0.404 e. The Hall–Kier alpha value is -2.37. The van der Waals surface area contributed by atoms with Gasteiger partial charge in [0, 0.05) is 0 Å². The first-order valence-electron chi connectivity index (χ1n) is 6.33. The molecule has 0 radical (unpaired) electrons. The number of imide groups is 1. The molecule has 2 rings (SSSR count). The molecule has 0 aromatic heterocycles. The first-order valence-corrected chi connectivity index (χ1v) is 6.33. The van der Waals surface area contributed by atoms with Gasteiger partial charge in [-0.15, -0.1) is 0 Å². The van der Waals surface area contributed by atoms with Gasteiger partial charge in [-0.05, 0) is 18.1 Å². The van der Waals surface area contributed by atoms with Crippen LogP contribution in [-0.2, 0) is 4.74 Å². The van der Waals surface area contributed by atoms with Gasteiger partial charge >= 0.3 is 6.09 Å². The molecule has 1 aliphatic rings. The van der Waals surface area contributed by atoms with E-state index in [0.29, 0.717) is 11.1 Å². The van der Waals surface area contributed by atoms with Crippen LogP contribution in [0.15, 0.2) is 24.3 Å². The number of hydrogen-bond donors (Lipinski definition) is 1. The average molecular weight is 276 g/mol. The Balaban J connectivity index is 2.21. The number of amides is 3. The summed E-state index contributed by atoms with van der Waals surface area (Å²) in [5.41, 5.74) is 5.76. The Morgan fingerprint density at radius 3 is 2.10 bits per heavy atom. The zero-order valence-electron chi connectivity index (χ0n) is 11.3. The maximum atomic E-state index is 12.2. The fraction of sp³-hybridized carbons (Fsp3) is 0.357. The molecule has 6 nitrogen and oxygen atoms in total. The average Bonchev–Trinajstić information content (AvgIpc) is 2.63. The van der Waals surface area contributed by atoms with Gasteiger partial charge in [-0.1, -0.05) is 26.0 Å². The van der Waals surface area contributed by atoms with E-state index >= 15 is 0 Å². The van der Waals surface area contributed by atoms with E-state index < -0.39 is 12.2 Å². The molecular formula is C14H16N2O4. The number of hydrogen-bond acceptors (Lipinski definition) is 4. The first kappa shape index (κ1) is 14.0. The number of benzene rings is 1. The highest BCUT2D eigenvalue weighted by Gasteiger charge is 2.37. The fourth-order valence-electron chi connectivity index (χ4n) is 2.12. The van der Waals surface area contributed by atoms with Crippen molar-refractivity contribution in [3.63, 3.8) is 0 Å². The minimum absolute atomic E-state index is 0.00690. The summed E-state index contributed by atoms with van der Waals surface area (Å²) in [6.45, 7) is 3.66. The normalized spacial score (nSPS) is 15.4. The van der Waals surface area contributed by atoms with Gasteiger partial charge in [0.1, 0.15) is 6.10 Å². The lowest BCUT2D eigenvalue weighted by Crippen LogP contribution is -2.41. The van der Waals surface area contributed by atoms with Gasteiger partial charge in [-0.25, -0.2) is 4.79 Å². The molecule has 0 spiro atoms. The number of nitrogens with two attached hydrogens (primary N) is 1. The van der Waals surface area contributed by atoms with Crippen molar-refractivity contribution in [2.45, 2.75) is 20.0 Å². The lowest BCUT2D eigenvalue weighted by Gasteiger charge is -2.24. The van der Waals surface area contributed by atoms with E-state index in [1.165, 1.54) is 0 Å². The topological polar surface area (TPSA) is 89.7 Å². The molecule has 0 saturated carbocycles. The van der Waals surface area contributed by atoms with E-state index in [9.17, 15) is 14.4 Å². The van der Waals surface area contributed by atoms with Gasteiger partial charge in [0.2, 0.25) is 0 Å². The molecule has 0 fully saturated rings. The van der Waals surface area contributed by atoms with E-state index in [1.54, 1.807) is 24.3 Å². The van der Waals surface area contributed by atoms with Crippen LogP contribution in [0.3, 0.4) is 0 Å². The van der Waals surface area contributed by atoms with E-state index in [2.05, 4.69) is 0 Å². The summed E-state index contributed by atoms with van der Waals surface area (Å²) in [5, 5.41) is 0. The lowest BCUT2D eigenvalue weighted by atomic mass is 10.1. The van der Waals surface area contributed by atoms with Crippen molar-refractivity contribution in [1.82, 2.24) is 4.90 Å². The van der Waals surface area contributed by atoms with E-state index in [0.717, 1.165) is 4.90 Å². The highest BCUT2D eigenvalue weighted by Crippen LogP contribution is 2.23. The molecule has 2 N–H and O–H groups in total. The third-order valence-electron chi connectivity index (χ3n) is 3.25. The van der Waals surface area contributed by atoms with Crippen molar-refractivity contribution < 1.29 is 19.1 Å². The number of ether oxygens (including phenoxy) is 1. The molecule has 1 aromatic carbocycles. The smallest absolute Gasteiger partial charge is 0.404 e. The molecule has 1 aliphatic heterocycles. The SMILES string of the molecule is CC(C)C(CN1C(=O)c2ccccc2C1=O)OC(N)=O. The van der Waals surface area contributed by atoms with Gasteiger partial charge in [0.05, 0.1) is 17.7 Å². The quantitative estimate of drug-likeness (QED) is 0.842. The maximum absolute atomic E-state index is 12.2. The molecule has 106 valence electrons. The zero-order valence-corrected chi connectivity index (χ0v) is 11.3. The molecule has 0 aliphatic carbocycles. The third kappa shape index (κ3) is 2.49. The van der Waals surface area contributed by atoms with Gasteiger partial charge in [-0.3, -0.25) is 14.5 Å². The summed E-state index contributed by atoms with van der Waals surface area (Å²) < 4.78 is 4.96.